The maximum absolute atomic E-state index is 12.0. The largest absolute Gasteiger partial charge is 0.351 e. The highest BCUT2D eigenvalue weighted by Crippen LogP contribution is 2.20. The SMILES string of the molecule is CCCCCCCCC(CCCCCC)C(=O)OF. The highest BCUT2D eigenvalue weighted by atomic mass is 19.3. The van der Waals surface area contributed by atoms with E-state index in [-0.39, 0.29) is 5.92 Å². The van der Waals surface area contributed by atoms with Crippen LogP contribution in [0.25, 0.3) is 0 Å². The van der Waals surface area contributed by atoms with Crippen molar-refractivity contribution in [3.05, 3.63) is 0 Å². The van der Waals surface area contributed by atoms with Crippen molar-refractivity contribution >= 4 is 5.97 Å². The molecule has 0 bridgehead atoms. The third kappa shape index (κ3) is 11.0. The topological polar surface area (TPSA) is 26.3 Å². The van der Waals surface area contributed by atoms with E-state index in [1.165, 1.54) is 38.5 Å². The zero-order chi connectivity index (χ0) is 14.3. The monoisotopic (exact) mass is 274 g/mol. The van der Waals surface area contributed by atoms with Crippen LogP contribution in [0.1, 0.15) is 90.9 Å². The molecule has 0 N–H and O–H groups in total. The van der Waals surface area contributed by atoms with Gasteiger partial charge in [-0.1, -0.05) is 78.1 Å². The molecule has 0 aromatic carbocycles. The second-order valence-corrected chi connectivity index (χ2v) is 5.50. The molecule has 0 fully saturated rings. The summed E-state index contributed by atoms with van der Waals surface area (Å²) in [4.78, 5) is 14.8. The van der Waals surface area contributed by atoms with Crippen LogP contribution in [0, 0.1) is 5.92 Å². The van der Waals surface area contributed by atoms with E-state index in [4.69, 9.17) is 0 Å². The van der Waals surface area contributed by atoms with Gasteiger partial charge in [0.25, 0.3) is 0 Å². The summed E-state index contributed by atoms with van der Waals surface area (Å²) in [7, 11) is 0. The average Bonchev–Trinajstić information content (AvgIpc) is 2.44. The van der Waals surface area contributed by atoms with Crippen molar-refractivity contribution in [1.82, 2.24) is 0 Å². The van der Waals surface area contributed by atoms with E-state index in [0.29, 0.717) is 0 Å². The van der Waals surface area contributed by atoms with Crippen molar-refractivity contribution in [1.29, 1.82) is 0 Å². The number of hydrogen-bond acceptors (Lipinski definition) is 2. The Kier molecular flexibility index (Phi) is 13.4. The molecule has 114 valence electrons. The first-order chi connectivity index (χ1) is 9.26. The fourth-order valence-corrected chi connectivity index (χ4v) is 2.43. The molecule has 1 unspecified atom stereocenters. The van der Waals surface area contributed by atoms with Crippen LogP contribution in [-0.4, -0.2) is 5.97 Å². The lowest BCUT2D eigenvalue weighted by molar-refractivity contribution is -0.189. The minimum atomic E-state index is -0.662. The molecule has 0 radical (unpaired) electrons. The minimum absolute atomic E-state index is 0.229. The van der Waals surface area contributed by atoms with E-state index >= 15 is 0 Å². The van der Waals surface area contributed by atoms with Crippen molar-refractivity contribution in [3.63, 3.8) is 0 Å². The standard InChI is InChI=1S/C16H31FO2/c1-3-5-7-9-10-12-14-15(16(18)19-17)13-11-8-6-4-2/h15H,3-14H2,1-2H3. The quantitative estimate of drug-likeness (QED) is 0.400. The number of rotatable bonds is 13. The van der Waals surface area contributed by atoms with Crippen molar-refractivity contribution < 1.29 is 14.3 Å². The molecular formula is C16H31FO2. The Balaban J connectivity index is 3.71. The van der Waals surface area contributed by atoms with Gasteiger partial charge >= 0.3 is 5.97 Å². The van der Waals surface area contributed by atoms with Crippen molar-refractivity contribution in [2.24, 2.45) is 5.92 Å². The number of hydrogen-bond donors (Lipinski definition) is 0. The second kappa shape index (κ2) is 13.8. The molecule has 0 saturated carbocycles. The van der Waals surface area contributed by atoms with Gasteiger partial charge in [0.15, 0.2) is 0 Å². The zero-order valence-corrected chi connectivity index (χ0v) is 12.8. The minimum Gasteiger partial charge on any atom is -0.255 e. The molecule has 0 heterocycles. The summed E-state index contributed by atoms with van der Waals surface area (Å²) < 4.78 is 12.0. The Hall–Kier alpha value is -0.600. The first-order valence-electron chi connectivity index (χ1n) is 8.08. The van der Waals surface area contributed by atoms with Gasteiger partial charge in [0.2, 0.25) is 0 Å². The summed E-state index contributed by atoms with van der Waals surface area (Å²) in [6, 6.07) is 0. The highest BCUT2D eigenvalue weighted by Gasteiger charge is 2.19. The average molecular weight is 274 g/mol. The van der Waals surface area contributed by atoms with Gasteiger partial charge in [0, 0.05) is 4.53 Å². The highest BCUT2D eigenvalue weighted by molar-refractivity contribution is 5.71. The molecule has 0 aliphatic rings. The summed E-state index contributed by atoms with van der Waals surface area (Å²) in [5, 5.41) is 0. The Bertz CT molecular complexity index is 207. The molecule has 0 saturated heterocycles. The van der Waals surface area contributed by atoms with Gasteiger partial charge in [-0.05, 0) is 12.8 Å². The van der Waals surface area contributed by atoms with Crippen LogP contribution in [0.5, 0.6) is 0 Å². The number of carbonyl (C=O) groups is 1. The lowest BCUT2D eigenvalue weighted by atomic mass is 9.94. The summed E-state index contributed by atoms with van der Waals surface area (Å²) >= 11 is 0. The molecule has 0 rings (SSSR count). The molecule has 1 atom stereocenters. The molecule has 0 aromatic rings. The first kappa shape index (κ1) is 18.4. The molecular weight excluding hydrogens is 243 g/mol. The predicted octanol–water partition coefficient (Wildman–Crippen LogP) is 5.75. The van der Waals surface area contributed by atoms with Gasteiger partial charge in [-0.2, -0.15) is 0 Å². The molecule has 0 amide bonds. The van der Waals surface area contributed by atoms with Crippen molar-refractivity contribution in [2.75, 3.05) is 0 Å². The zero-order valence-electron chi connectivity index (χ0n) is 12.8. The van der Waals surface area contributed by atoms with E-state index in [2.05, 4.69) is 18.8 Å². The summed E-state index contributed by atoms with van der Waals surface area (Å²) in [6.45, 7) is 4.35. The van der Waals surface area contributed by atoms with Crippen LogP contribution in [0.2, 0.25) is 0 Å². The first-order valence-corrected chi connectivity index (χ1v) is 8.08. The molecule has 0 aliphatic heterocycles. The number of unbranched alkanes of at least 4 members (excludes halogenated alkanes) is 8. The van der Waals surface area contributed by atoms with Crippen molar-refractivity contribution in [3.8, 4) is 0 Å². The van der Waals surface area contributed by atoms with E-state index in [0.717, 1.165) is 38.5 Å². The molecule has 0 spiro atoms. The summed E-state index contributed by atoms with van der Waals surface area (Å²) in [5.41, 5.74) is 0. The molecule has 19 heavy (non-hydrogen) atoms. The smallest absolute Gasteiger partial charge is 0.255 e. The predicted molar refractivity (Wildman–Crippen MR) is 77.4 cm³/mol. The normalized spacial score (nSPS) is 12.4. The van der Waals surface area contributed by atoms with Crippen molar-refractivity contribution in [2.45, 2.75) is 90.9 Å². The van der Waals surface area contributed by atoms with Crippen LogP contribution in [0.4, 0.5) is 4.53 Å². The van der Waals surface area contributed by atoms with E-state index in [1.807, 2.05) is 0 Å². The van der Waals surface area contributed by atoms with Gasteiger partial charge in [0.1, 0.15) is 0 Å². The summed E-state index contributed by atoms with van der Waals surface area (Å²) in [6.07, 6.45) is 13.2. The van der Waals surface area contributed by atoms with Crippen LogP contribution < -0.4 is 0 Å². The number of carbonyl (C=O) groups excluding carboxylic acids is 1. The lowest BCUT2D eigenvalue weighted by Crippen LogP contribution is -2.15. The maximum Gasteiger partial charge on any atom is 0.351 e. The maximum atomic E-state index is 12.0. The van der Waals surface area contributed by atoms with Gasteiger partial charge < -0.3 is 0 Å². The van der Waals surface area contributed by atoms with E-state index in [1.54, 1.807) is 0 Å². The Morgan fingerprint density at radius 3 is 1.74 bits per heavy atom. The second-order valence-electron chi connectivity index (χ2n) is 5.50. The Morgan fingerprint density at radius 1 is 0.842 bits per heavy atom. The van der Waals surface area contributed by atoms with E-state index < -0.39 is 5.97 Å². The molecule has 2 nitrogen and oxygen atoms in total. The molecule has 3 heteroatoms. The van der Waals surface area contributed by atoms with Gasteiger partial charge in [0.05, 0.1) is 5.92 Å². The molecule has 0 aliphatic carbocycles. The summed E-state index contributed by atoms with van der Waals surface area (Å²) in [5.74, 6) is -0.891. The van der Waals surface area contributed by atoms with Crippen LogP contribution in [0.15, 0.2) is 0 Å². The van der Waals surface area contributed by atoms with Gasteiger partial charge in [-0.15, -0.1) is 0 Å². The lowest BCUT2D eigenvalue weighted by Gasteiger charge is -2.12. The van der Waals surface area contributed by atoms with Gasteiger partial charge in [-0.3, -0.25) is 4.94 Å². The van der Waals surface area contributed by atoms with Crippen LogP contribution >= 0.6 is 0 Å². The van der Waals surface area contributed by atoms with Crippen LogP contribution in [-0.2, 0) is 9.74 Å². The Labute approximate surface area is 118 Å². The number of halogens is 1. The van der Waals surface area contributed by atoms with Crippen LogP contribution in [0.3, 0.4) is 0 Å². The van der Waals surface area contributed by atoms with Gasteiger partial charge in [-0.25, -0.2) is 4.79 Å². The molecule has 0 aromatic heterocycles. The fraction of sp³-hybridized carbons (Fsp3) is 0.938. The Morgan fingerprint density at radius 2 is 1.26 bits per heavy atom. The fourth-order valence-electron chi connectivity index (χ4n) is 2.43. The third-order valence-corrected chi connectivity index (χ3v) is 3.72. The van der Waals surface area contributed by atoms with E-state index in [9.17, 15) is 9.32 Å². The third-order valence-electron chi connectivity index (χ3n) is 3.72.